The van der Waals surface area contributed by atoms with Gasteiger partial charge in [-0.3, -0.25) is 4.98 Å². The van der Waals surface area contributed by atoms with Crippen LogP contribution in [0.15, 0.2) is 140 Å². The summed E-state index contributed by atoms with van der Waals surface area (Å²) in [5.41, 5.74) is 9.23. The van der Waals surface area contributed by atoms with Crippen molar-refractivity contribution in [2.45, 2.75) is 26.0 Å². The molecule has 0 saturated heterocycles. The highest BCUT2D eigenvalue weighted by Crippen LogP contribution is 2.44. The van der Waals surface area contributed by atoms with Crippen molar-refractivity contribution >= 4 is 0 Å². The predicted octanol–water partition coefficient (Wildman–Crippen LogP) is 8.03. The van der Waals surface area contributed by atoms with Crippen molar-refractivity contribution < 1.29 is 9.84 Å². The maximum absolute atomic E-state index is 10.3. The van der Waals surface area contributed by atoms with Gasteiger partial charge in [0.15, 0.2) is 5.82 Å². The Kier molecular flexibility index (Phi) is 8.36. The molecule has 7 nitrogen and oxygen atoms in total. The molecular formula is C41H35N5O2. The minimum Gasteiger partial charge on any atom is -0.494 e. The molecular weight excluding hydrogens is 594 g/mol. The molecule has 0 atom stereocenters. The molecule has 0 aliphatic carbocycles. The van der Waals surface area contributed by atoms with Crippen molar-refractivity contribution in [3.63, 3.8) is 0 Å². The number of hydrogen-bond donors (Lipinski definition) is 1. The number of aromatic nitrogens is 5. The van der Waals surface area contributed by atoms with Gasteiger partial charge < -0.3 is 9.84 Å². The van der Waals surface area contributed by atoms with Crippen molar-refractivity contribution in [3.05, 3.63) is 173 Å². The van der Waals surface area contributed by atoms with E-state index in [4.69, 9.17) is 15.0 Å². The Morgan fingerprint density at radius 1 is 0.625 bits per heavy atom. The Balaban J connectivity index is 1.42. The number of aliphatic hydroxyl groups excluding tert-OH is 1. The maximum atomic E-state index is 10.3. The van der Waals surface area contributed by atoms with E-state index in [9.17, 15) is 5.11 Å². The number of aliphatic hydroxyl groups is 1. The van der Waals surface area contributed by atoms with Crippen molar-refractivity contribution in [2.24, 2.45) is 0 Å². The SMILES string of the molecule is COc1c(C)nc(C)c(CO)c1-c1ccc(-c2ccccc2-c2nnnn2C(c2ccccc2)(c2ccccc2)c2ccccc2)cc1. The average Bonchev–Trinajstić information content (AvgIpc) is 3.63. The lowest BCUT2D eigenvalue weighted by Gasteiger charge is -2.36. The zero-order chi connectivity index (χ0) is 33.1. The molecule has 0 unspecified atom stereocenters. The summed E-state index contributed by atoms with van der Waals surface area (Å²) in [7, 11) is 1.64. The normalized spacial score (nSPS) is 11.4. The Morgan fingerprint density at radius 3 is 1.65 bits per heavy atom. The number of rotatable bonds is 9. The first-order chi connectivity index (χ1) is 23.6. The lowest BCUT2D eigenvalue weighted by molar-refractivity contribution is 0.280. The van der Waals surface area contributed by atoms with Crippen molar-refractivity contribution in [1.82, 2.24) is 25.2 Å². The first-order valence-corrected chi connectivity index (χ1v) is 15.9. The van der Waals surface area contributed by atoms with Crippen molar-refractivity contribution in [1.29, 1.82) is 0 Å². The molecule has 0 bridgehead atoms. The lowest BCUT2D eigenvalue weighted by Crippen LogP contribution is -2.39. The molecule has 236 valence electrons. The molecule has 48 heavy (non-hydrogen) atoms. The number of pyridine rings is 1. The number of ether oxygens (including phenoxy) is 1. The Morgan fingerprint density at radius 2 is 1.12 bits per heavy atom. The van der Waals surface area contributed by atoms with Crippen LogP contribution in [0.5, 0.6) is 5.75 Å². The standard InChI is InChI=1S/C41H35N5O2/c1-28-37(27-47)38(39(48-3)29(2)42-28)31-25-23-30(24-26-31)35-21-13-14-22-36(35)40-43-44-45-46(40)41(32-15-7-4-8-16-32,33-17-9-5-10-18-33)34-19-11-6-12-20-34/h4-26,47H,27H2,1-3H3. The summed E-state index contributed by atoms with van der Waals surface area (Å²) >= 11 is 0. The van der Waals surface area contributed by atoms with E-state index in [0.717, 1.165) is 61.5 Å². The van der Waals surface area contributed by atoms with E-state index in [0.29, 0.717) is 11.6 Å². The molecule has 7 heteroatoms. The molecule has 0 saturated carbocycles. The van der Waals surface area contributed by atoms with Gasteiger partial charge in [0, 0.05) is 22.4 Å². The summed E-state index contributed by atoms with van der Waals surface area (Å²) in [6, 6.07) is 47.7. The summed E-state index contributed by atoms with van der Waals surface area (Å²) in [5, 5.41) is 24.0. The monoisotopic (exact) mass is 629 g/mol. The number of nitrogens with zero attached hydrogens (tertiary/aromatic N) is 5. The van der Waals surface area contributed by atoms with Crippen LogP contribution in [0.25, 0.3) is 33.6 Å². The second-order valence-corrected chi connectivity index (χ2v) is 11.7. The fourth-order valence-electron chi connectivity index (χ4n) is 6.85. The molecule has 7 rings (SSSR count). The fourth-order valence-corrected chi connectivity index (χ4v) is 6.85. The lowest BCUT2D eigenvalue weighted by atomic mass is 9.77. The van der Waals surface area contributed by atoms with Gasteiger partial charge in [-0.15, -0.1) is 5.10 Å². The first-order valence-electron chi connectivity index (χ1n) is 15.9. The minimum atomic E-state index is -0.867. The van der Waals surface area contributed by atoms with E-state index in [1.165, 1.54) is 0 Å². The molecule has 5 aromatic carbocycles. The van der Waals surface area contributed by atoms with E-state index in [1.807, 2.05) is 48.9 Å². The number of benzene rings is 5. The third kappa shape index (κ3) is 5.14. The second-order valence-electron chi connectivity index (χ2n) is 11.7. The second kappa shape index (κ2) is 13.1. The summed E-state index contributed by atoms with van der Waals surface area (Å²) in [6.07, 6.45) is 0. The van der Waals surface area contributed by atoms with Crippen molar-refractivity contribution in [3.8, 4) is 39.4 Å². The topological polar surface area (TPSA) is 85.9 Å². The van der Waals surface area contributed by atoms with Gasteiger partial charge in [0.05, 0.1) is 19.4 Å². The van der Waals surface area contributed by atoms with Crippen LogP contribution in [0.2, 0.25) is 0 Å². The molecule has 0 radical (unpaired) electrons. The predicted molar refractivity (Wildman–Crippen MR) is 188 cm³/mol. The maximum Gasteiger partial charge on any atom is 0.184 e. The van der Waals surface area contributed by atoms with Crippen LogP contribution < -0.4 is 4.74 Å². The summed E-state index contributed by atoms with van der Waals surface area (Å²) in [4.78, 5) is 4.59. The van der Waals surface area contributed by atoms with Crippen LogP contribution in [0.3, 0.4) is 0 Å². The van der Waals surface area contributed by atoms with E-state index in [2.05, 4.69) is 119 Å². The van der Waals surface area contributed by atoms with Crippen LogP contribution in [0.1, 0.15) is 33.6 Å². The smallest absolute Gasteiger partial charge is 0.184 e. The molecule has 0 spiro atoms. The van der Waals surface area contributed by atoms with Crippen molar-refractivity contribution in [2.75, 3.05) is 7.11 Å². The molecule has 2 aromatic heterocycles. The Bertz CT molecular complexity index is 2040. The highest BCUT2D eigenvalue weighted by molar-refractivity contribution is 5.83. The summed E-state index contributed by atoms with van der Waals surface area (Å²) in [6.45, 7) is 3.70. The van der Waals surface area contributed by atoms with Gasteiger partial charge in [-0.25, -0.2) is 4.68 Å². The van der Waals surface area contributed by atoms with Gasteiger partial charge in [-0.05, 0) is 57.7 Å². The van der Waals surface area contributed by atoms with E-state index >= 15 is 0 Å². The molecule has 0 fully saturated rings. The molecule has 1 N–H and O–H groups in total. The number of methoxy groups -OCH3 is 1. The highest BCUT2D eigenvalue weighted by Gasteiger charge is 2.42. The third-order valence-electron chi connectivity index (χ3n) is 9.01. The van der Waals surface area contributed by atoms with Crippen LogP contribution in [0, 0.1) is 13.8 Å². The molecule has 0 aliphatic heterocycles. The van der Waals surface area contributed by atoms with Gasteiger partial charge in [-0.2, -0.15) is 0 Å². The number of tetrazole rings is 1. The van der Waals surface area contributed by atoms with Gasteiger partial charge in [-0.1, -0.05) is 140 Å². The first kappa shape index (κ1) is 30.7. The van der Waals surface area contributed by atoms with E-state index in [1.54, 1.807) is 7.11 Å². The minimum absolute atomic E-state index is 0.135. The Labute approximate surface area is 280 Å². The zero-order valence-corrected chi connectivity index (χ0v) is 27.1. The van der Waals surface area contributed by atoms with Gasteiger partial charge >= 0.3 is 0 Å². The fraction of sp³-hybridized carbons (Fsp3) is 0.122. The largest absolute Gasteiger partial charge is 0.494 e. The van der Waals surface area contributed by atoms with E-state index < -0.39 is 5.54 Å². The van der Waals surface area contributed by atoms with Crippen LogP contribution in [-0.2, 0) is 12.1 Å². The van der Waals surface area contributed by atoms with Crippen LogP contribution in [-0.4, -0.2) is 37.4 Å². The number of aryl methyl sites for hydroxylation is 2. The zero-order valence-electron chi connectivity index (χ0n) is 27.1. The highest BCUT2D eigenvalue weighted by atomic mass is 16.5. The molecule has 0 amide bonds. The third-order valence-corrected chi connectivity index (χ3v) is 9.01. The van der Waals surface area contributed by atoms with Gasteiger partial charge in [0.2, 0.25) is 0 Å². The molecule has 2 heterocycles. The van der Waals surface area contributed by atoms with Crippen LogP contribution >= 0.6 is 0 Å². The Hall–Kier alpha value is -5.92. The molecule has 0 aliphatic rings. The summed E-state index contributed by atoms with van der Waals surface area (Å²) < 4.78 is 7.73. The van der Waals surface area contributed by atoms with Gasteiger partial charge in [0.25, 0.3) is 0 Å². The average molecular weight is 630 g/mol. The van der Waals surface area contributed by atoms with Gasteiger partial charge in [0.1, 0.15) is 11.3 Å². The quantitative estimate of drug-likeness (QED) is 0.163. The summed E-state index contributed by atoms with van der Waals surface area (Å²) in [5.74, 6) is 1.30. The number of hydrogen-bond acceptors (Lipinski definition) is 6. The molecule has 7 aromatic rings. The van der Waals surface area contributed by atoms with Crippen LogP contribution in [0.4, 0.5) is 0 Å². The van der Waals surface area contributed by atoms with E-state index in [-0.39, 0.29) is 6.61 Å².